The van der Waals surface area contributed by atoms with Gasteiger partial charge in [-0.3, -0.25) is 9.59 Å². The first-order chi connectivity index (χ1) is 21.2. The van der Waals surface area contributed by atoms with Crippen molar-refractivity contribution in [3.63, 3.8) is 0 Å². The van der Waals surface area contributed by atoms with E-state index in [1.165, 1.54) is 12.1 Å². The molecule has 5 heterocycles. The van der Waals surface area contributed by atoms with Crippen molar-refractivity contribution in [2.24, 2.45) is 0 Å². The number of aliphatic carboxylic acids is 2. The molecule has 0 aromatic carbocycles. The number of aryl methyl sites for hydroxylation is 3. The van der Waals surface area contributed by atoms with Crippen molar-refractivity contribution >= 4 is 56.3 Å². The number of aromatic nitrogens is 4. The molecule has 3 aromatic rings. The van der Waals surface area contributed by atoms with Crippen LogP contribution < -0.4 is 9.97 Å². The van der Waals surface area contributed by atoms with Crippen molar-refractivity contribution < 1.29 is 50.0 Å². The van der Waals surface area contributed by atoms with Gasteiger partial charge in [0, 0.05) is 18.4 Å². The van der Waals surface area contributed by atoms with E-state index < -0.39 is 23.7 Å². The largest absolute Gasteiger partial charge is 2.00 e. The Hall–Kier alpha value is -4.15. The van der Waals surface area contributed by atoms with Crippen LogP contribution in [0, 0.1) is 6.92 Å². The van der Waals surface area contributed by atoms with Crippen LogP contribution in [0.3, 0.4) is 0 Å². The third-order valence-electron chi connectivity index (χ3n) is 8.53. The Kier molecular flexibility index (Phi) is 10.0. The molecule has 5 rings (SSSR count). The summed E-state index contributed by atoms with van der Waals surface area (Å²) in [5.74, 6) is -1.96. The van der Waals surface area contributed by atoms with E-state index in [-0.39, 0.29) is 65.8 Å². The van der Waals surface area contributed by atoms with Gasteiger partial charge in [0.1, 0.15) is 0 Å². The average molecular weight is 675 g/mol. The fourth-order valence-corrected chi connectivity index (χ4v) is 6.16. The number of rotatable bonds is 8. The molecule has 2 aliphatic heterocycles. The Morgan fingerprint density at radius 1 is 0.696 bits per heavy atom. The van der Waals surface area contributed by atoms with Crippen LogP contribution in [0.15, 0.2) is 24.3 Å². The van der Waals surface area contributed by atoms with Gasteiger partial charge in [0.25, 0.3) is 0 Å². The van der Waals surface area contributed by atoms with E-state index in [1.54, 1.807) is 26.0 Å². The van der Waals surface area contributed by atoms with Crippen LogP contribution in [0.1, 0.15) is 98.4 Å². The number of carboxylic acid groups (broad SMARTS) is 2. The molecule has 242 valence electrons. The number of halogens is 3. The van der Waals surface area contributed by atoms with Crippen molar-refractivity contribution in [2.45, 2.75) is 79.3 Å². The topological polar surface area (TPSA) is 129 Å². The first kappa shape index (κ1) is 34.7. The number of carbonyl (C=O) groups is 2. The maximum Gasteiger partial charge on any atom is 2.00 e. The molecule has 0 spiro atoms. The molecule has 0 unspecified atom stereocenters. The Morgan fingerprint density at radius 2 is 1.17 bits per heavy atom. The second-order valence-corrected chi connectivity index (χ2v) is 11.3. The van der Waals surface area contributed by atoms with Crippen LogP contribution in [0.4, 0.5) is 13.2 Å². The van der Waals surface area contributed by atoms with Crippen molar-refractivity contribution in [3.05, 3.63) is 69.3 Å². The first-order valence-corrected chi connectivity index (χ1v) is 14.8. The van der Waals surface area contributed by atoms with Gasteiger partial charge in [0.05, 0.1) is 22.8 Å². The predicted octanol–water partition coefficient (Wildman–Crippen LogP) is 7.61. The van der Waals surface area contributed by atoms with Crippen molar-refractivity contribution in [2.75, 3.05) is 0 Å². The molecule has 0 saturated carbocycles. The fourth-order valence-electron chi connectivity index (χ4n) is 6.16. The molecule has 0 saturated heterocycles. The Balaban J connectivity index is 0.00000480. The van der Waals surface area contributed by atoms with Crippen LogP contribution >= 0.6 is 0 Å². The van der Waals surface area contributed by atoms with E-state index in [0.29, 0.717) is 51.4 Å². The fraction of sp³-hybridized carbons (Fsp3) is 0.353. The second kappa shape index (κ2) is 13.3. The number of nitrogens with zero attached hydrogens (tertiary/aromatic N) is 4. The van der Waals surface area contributed by atoms with E-state index in [2.05, 4.69) is 4.98 Å². The van der Waals surface area contributed by atoms with Crippen molar-refractivity contribution in [1.82, 2.24) is 19.9 Å². The van der Waals surface area contributed by atoms with Crippen LogP contribution in [0.5, 0.6) is 0 Å². The summed E-state index contributed by atoms with van der Waals surface area (Å²) in [7, 11) is 0. The molecule has 0 fully saturated rings. The van der Waals surface area contributed by atoms with Gasteiger partial charge in [-0.25, -0.2) is 9.97 Å². The number of hydrogen-bond acceptors (Lipinski definition) is 4. The molecule has 8 bridgehead atoms. The predicted molar refractivity (Wildman–Crippen MR) is 166 cm³/mol. The van der Waals surface area contributed by atoms with Gasteiger partial charge in [0.2, 0.25) is 0 Å². The molecule has 8 nitrogen and oxygen atoms in total. The first-order valence-electron chi connectivity index (χ1n) is 14.8. The van der Waals surface area contributed by atoms with E-state index in [0.717, 1.165) is 22.3 Å². The van der Waals surface area contributed by atoms with Crippen LogP contribution in [0.2, 0.25) is 0 Å². The molecular weight excluding hydrogens is 641 g/mol. The Labute approximate surface area is 274 Å². The van der Waals surface area contributed by atoms with Gasteiger partial charge < -0.3 is 20.2 Å². The number of allylic oxidation sites excluding steroid dienone is 4. The molecule has 46 heavy (non-hydrogen) atoms. The minimum absolute atomic E-state index is 0. The Morgan fingerprint density at radius 3 is 1.74 bits per heavy atom. The van der Waals surface area contributed by atoms with E-state index in [1.807, 2.05) is 20.8 Å². The minimum Gasteiger partial charge on any atom is -0.657 e. The summed E-state index contributed by atoms with van der Waals surface area (Å²) in [5.41, 5.74) is 6.31. The Bertz CT molecular complexity index is 1970. The molecule has 2 aliphatic rings. The maximum atomic E-state index is 14.6. The van der Waals surface area contributed by atoms with Gasteiger partial charge in [-0.05, 0) is 68.7 Å². The average Bonchev–Trinajstić information content (AvgIpc) is 3.63. The zero-order valence-corrected chi connectivity index (χ0v) is 27.1. The quantitative estimate of drug-likeness (QED) is 0.234. The summed E-state index contributed by atoms with van der Waals surface area (Å²) in [6, 6.07) is 6.40. The number of hydrogen-bond donors (Lipinski definition) is 2. The van der Waals surface area contributed by atoms with Crippen molar-refractivity contribution in [1.29, 1.82) is 0 Å². The SMILES string of the molecule is CCC1=C(C)c2cc3[n-]c(cc4nc(cc5[n-]c(cc1n2)c(C(F)(F)F)c5CC)C(C)=C4CCC(=O)O)c(CCC(=O)O)c3C.[Fe+2]. The summed E-state index contributed by atoms with van der Waals surface area (Å²) in [6.07, 6.45) is -4.01. The second-order valence-electron chi connectivity index (χ2n) is 11.3. The third-order valence-corrected chi connectivity index (χ3v) is 8.53. The van der Waals surface area contributed by atoms with Crippen LogP contribution in [-0.2, 0) is 45.7 Å². The number of alkyl halides is 3. The van der Waals surface area contributed by atoms with E-state index in [4.69, 9.17) is 15.0 Å². The van der Waals surface area contributed by atoms with Crippen LogP contribution in [-0.4, -0.2) is 32.1 Å². The summed E-state index contributed by atoms with van der Waals surface area (Å²) in [5, 5.41) is 18.9. The van der Waals surface area contributed by atoms with Gasteiger partial charge in [-0.1, -0.05) is 54.8 Å². The summed E-state index contributed by atoms with van der Waals surface area (Å²) >= 11 is 0. The number of carboxylic acids is 2. The van der Waals surface area contributed by atoms with Crippen LogP contribution in [0.25, 0.3) is 44.4 Å². The van der Waals surface area contributed by atoms with E-state index in [9.17, 15) is 33.0 Å². The normalized spacial score (nSPS) is 13.3. The summed E-state index contributed by atoms with van der Waals surface area (Å²) in [4.78, 5) is 41.9. The zero-order chi connectivity index (χ0) is 32.8. The third kappa shape index (κ3) is 6.55. The molecular formula is C34H33F3FeN4O4. The van der Waals surface area contributed by atoms with Gasteiger partial charge in [0.15, 0.2) is 0 Å². The smallest absolute Gasteiger partial charge is 0.657 e. The van der Waals surface area contributed by atoms with E-state index >= 15 is 0 Å². The standard InChI is InChI=1S/C34H35F3N4O4.Fe/c1-6-19-16(3)23-12-24-17(4)21(8-10-31(42)43)28(39-24)14-29-22(9-11-32(44)45)18(5)25(40-29)13-27-20(7-2)33(34(35,36)37)30(41-27)15-26(19)38-23;/h12-15H,6-11H2,1-5H3,(H4,38,39,40,41,42,43,44,45);/q;+2/p-2. The number of fused-ring (bicyclic) bond motifs is 8. The van der Waals surface area contributed by atoms with Crippen molar-refractivity contribution in [3.8, 4) is 0 Å². The van der Waals surface area contributed by atoms with Gasteiger partial charge in [-0.15, -0.1) is 22.1 Å². The van der Waals surface area contributed by atoms with Gasteiger partial charge in [-0.2, -0.15) is 13.2 Å². The monoisotopic (exact) mass is 674 g/mol. The summed E-state index contributed by atoms with van der Waals surface area (Å²) < 4.78 is 43.7. The molecule has 12 heteroatoms. The van der Waals surface area contributed by atoms with Gasteiger partial charge >= 0.3 is 35.2 Å². The minimum atomic E-state index is -4.67. The molecule has 0 aliphatic carbocycles. The molecule has 0 amide bonds. The molecule has 3 aromatic heterocycles. The molecule has 2 N–H and O–H groups in total. The molecule has 0 radical (unpaired) electrons. The zero-order valence-electron chi connectivity index (χ0n) is 26.0. The molecule has 0 atom stereocenters. The maximum absolute atomic E-state index is 14.6. The summed E-state index contributed by atoms with van der Waals surface area (Å²) in [6.45, 7) is 9.03.